The van der Waals surface area contributed by atoms with Gasteiger partial charge >= 0.3 is 0 Å². The highest BCUT2D eigenvalue weighted by Gasteiger charge is 2.09. The number of pyridine rings is 1. The number of halogens is 1. The first-order valence-corrected chi connectivity index (χ1v) is 4.86. The first-order valence-electron chi connectivity index (χ1n) is 4.86. The SMILES string of the molecule is CN(C)C(=O)c1ccc2cc(F)ccc2n1. The molecule has 0 aliphatic rings. The standard InChI is InChI=1S/C12H11FN2O/c1-15(2)12(16)11-5-3-8-7-9(13)4-6-10(8)14-11/h3-7H,1-2H3. The second kappa shape index (κ2) is 3.89. The fraction of sp³-hybridized carbons (Fsp3) is 0.167. The van der Waals surface area contributed by atoms with Gasteiger partial charge in [0.05, 0.1) is 5.52 Å². The zero-order chi connectivity index (χ0) is 11.7. The molecule has 1 heterocycles. The Morgan fingerprint density at radius 1 is 1.25 bits per heavy atom. The van der Waals surface area contributed by atoms with Gasteiger partial charge in [0.2, 0.25) is 0 Å². The molecule has 0 unspecified atom stereocenters. The molecule has 4 heteroatoms. The summed E-state index contributed by atoms with van der Waals surface area (Å²) in [6.45, 7) is 0. The number of rotatable bonds is 1. The van der Waals surface area contributed by atoms with Crippen LogP contribution in [0.1, 0.15) is 10.5 Å². The van der Waals surface area contributed by atoms with Gasteiger partial charge in [-0.3, -0.25) is 4.79 Å². The molecular formula is C12H11FN2O. The molecule has 1 aromatic carbocycles. The van der Waals surface area contributed by atoms with Crippen molar-refractivity contribution < 1.29 is 9.18 Å². The van der Waals surface area contributed by atoms with E-state index in [9.17, 15) is 9.18 Å². The van der Waals surface area contributed by atoms with Gasteiger partial charge in [-0.2, -0.15) is 0 Å². The monoisotopic (exact) mass is 218 g/mol. The zero-order valence-electron chi connectivity index (χ0n) is 9.07. The number of carbonyl (C=O) groups is 1. The third-order valence-electron chi connectivity index (χ3n) is 2.28. The molecule has 0 bridgehead atoms. The number of hydrogen-bond donors (Lipinski definition) is 0. The van der Waals surface area contributed by atoms with Gasteiger partial charge in [-0.05, 0) is 24.3 Å². The third kappa shape index (κ3) is 1.86. The topological polar surface area (TPSA) is 33.2 Å². The van der Waals surface area contributed by atoms with Crippen molar-refractivity contribution in [3.8, 4) is 0 Å². The van der Waals surface area contributed by atoms with Crippen LogP contribution in [-0.2, 0) is 0 Å². The van der Waals surface area contributed by atoms with Crippen molar-refractivity contribution in [2.75, 3.05) is 14.1 Å². The highest BCUT2D eigenvalue weighted by atomic mass is 19.1. The summed E-state index contributed by atoms with van der Waals surface area (Å²) in [5.74, 6) is -0.466. The van der Waals surface area contributed by atoms with E-state index in [1.54, 1.807) is 32.3 Å². The first-order chi connectivity index (χ1) is 7.58. The highest BCUT2D eigenvalue weighted by Crippen LogP contribution is 2.14. The fourth-order valence-corrected chi connectivity index (χ4v) is 1.44. The molecule has 2 aromatic rings. The normalized spacial score (nSPS) is 10.4. The van der Waals surface area contributed by atoms with E-state index in [1.807, 2.05) is 0 Å². The van der Waals surface area contributed by atoms with E-state index in [1.165, 1.54) is 17.0 Å². The smallest absolute Gasteiger partial charge is 0.271 e. The van der Waals surface area contributed by atoms with Crippen molar-refractivity contribution >= 4 is 16.8 Å². The van der Waals surface area contributed by atoms with Crippen molar-refractivity contribution in [2.45, 2.75) is 0 Å². The summed E-state index contributed by atoms with van der Waals surface area (Å²) < 4.78 is 12.9. The summed E-state index contributed by atoms with van der Waals surface area (Å²) in [4.78, 5) is 17.3. The lowest BCUT2D eigenvalue weighted by molar-refractivity contribution is 0.0822. The average Bonchev–Trinajstić information content (AvgIpc) is 2.27. The first kappa shape index (κ1) is 10.5. The van der Waals surface area contributed by atoms with Gasteiger partial charge in [-0.15, -0.1) is 0 Å². The number of hydrogen-bond acceptors (Lipinski definition) is 2. The zero-order valence-corrected chi connectivity index (χ0v) is 9.07. The van der Waals surface area contributed by atoms with Crippen molar-refractivity contribution in [2.24, 2.45) is 0 Å². The van der Waals surface area contributed by atoms with Crippen LogP contribution in [0.5, 0.6) is 0 Å². The molecule has 0 aliphatic heterocycles. The summed E-state index contributed by atoms with van der Waals surface area (Å²) in [7, 11) is 3.33. The van der Waals surface area contributed by atoms with Crippen LogP contribution in [0.25, 0.3) is 10.9 Å². The summed E-state index contributed by atoms with van der Waals surface area (Å²) in [5.41, 5.74) is 0.984. The van der Waals surface area contributed by atoms with Crippen LogP contribution in [0.15, 0.2) is 30.3 Å². The van der Waals surface area contributed by atoms with Gasteiger partial charge in [0.25, 0.3) is 5.91 Å². The number of carbonyl (C=O) groups excluding carboxylic acids is 1. The van der Waals surface area contributed by atoms with Crippen LogP contribution in [0.3, 0.4) is 0 Å². The lowest BCUT2D eigenvalue weighted by Crippen LogP contribution is -2.22. The Balaban J connectivity index is 2.52. The number of nitrogens with zero attached hydrogens (tertiary/aromatic N) is 2. The van der Waals surface area contributed by atoms with Gasteiger partial charge in [0, 0.05) is 19.5 Å². The Bertz CT molecular complexity index is 552. The molecule has 0 radical (unpaired) electrons. The van der Waals surface area contributed by atoms with Crippen LogP contribution in [0.2, 0.25) is 0 Å². The molecular weight excluding hydrogens is 207 g/mol. The Morgan fingerprint density at radius 3 is 2.69 bits per heavy atom. The molecule has 1 aromatic heterocycles. The molecule has 0 saturated carbocycles. The molecule has 0 spiro atoms. The Hall–Kier alpha value is -1.97. The molecule has 3 nitrogen and oxygen atoms in total. The Kier molecular flexibility index (Phi) is 2.56. The quantitative estimate of drug-likeness (QED) is 0.734. The number of fused-ring (bicyclic) bond motifs is 1. The summed E-state index contributed by atoms with van der Waals surface area (Å²) >= 11 is 0. The molecule has 0 N–H and O–H groups in total. The number of benzene rings is 1. The molecule has 1 amide bonds. The highest BCUT2D eigenvalue weighted by molar-refractivity contribution is 5.94. The molecule has 0 atom stereocenters. The maximum Gasteiger partial charge on any atom is 0.271 e. The average molecular weight is 218 g/mol. The molecule has 0 aliphatic carbocycles. The molecule has 82 valence electrons. The van der Waals surface area contributed by atoms with Crippen molar-refractivity contribution in [3.63, 3.8) is 0 Å². The molecule has 16 heavy (non-hydrogen) atoms. The minimum absolute atomic E-state index is 0.161. The lowest BCUT2D eigenvalue weighted by Gasteiger charge is -2.09. The Morgan fingerprint density at radius 2 is 2.00 bits per heavy atom. The van der Waals surface area contributed by atoms with Crippen molar-refractivity contribution in [3.05, 3.63) is 41.8 Å². The van der Waals surface area contributed by atoms with E-state index in [0.717, 1.165) is 0 Å². The number of amides is 1. The lowest BCUT2D eigenvalue weighted by atomic mass is 10.2. The van der Waals surface area contributed by atoms with E-state index in [-0.39, 0.29) is 11.7 Å². The maximum atomic E-state index is 12.9. The number of aromatic nitrogens is 1. The van der Waals surface area contributed by atoms with Crippen LogP contribution < -0.4 is 0 Å². The van der Waals surface area contributed by atoms with Crippen LogP contribution in [0.4, 0.5) is 4.39 Å². The second-order valence-corrected chi connectivity index (χ2v) is 3.73. The minimum atomic E-state index is -0.305. The predicted octanol–water partition coefficient (Wildman–Crippen LogP) is 2.08. The predicted molar refractivity (Wildman–Crippen MR) is 59.7 cm³/mol. The van der Waals surface area contributed by atoms with E-state index >= 15 is 0 Å². The Labute approximate surface area is 92.5 Å². The van der Waals surface area contributed by atoms with E-state index < -0.39 is 0 Å². The van der Waals surface area contributed by atoms with Crippen molar-refractivity contribution in [1.82, 2.24) is 9.88 Å². The third-order valence-corrected chi connectivity index (χ3v) is 2.28. The summed E-state index contributed by atoms with van der Waals surface area (Å²) in [6.07, 6.45) is 0. The minimum Gasteiger partial charge on any atom is -0.343 e. The fourth-order valence-electron chi connectivity index (χ4n) is 1.44. The van der Waals surface area contributed by atoms with Crippen LogP contribution in [0, 0.1) is 5.82 Å². The molecule has 0 fully saturated rings. The van der Waals surface area contributed by atoms with E-state index in [2.05, 4.69) is 4.98 Å². The van der Waals surface area contributed by atoms with Gasteiger partial charge in [0.1, 0.15) is 11.5 Å². The van der Waals surface area contributed by atoms with Crippen LogP contribution in [-0.4, -0.2) is 29.9 Å². The van der Waals surface area contributed by atoms with Gasteiger partial charge < -0.3 is 4.90 Å². The molecule has 2 rings (SSSR count). The van der Waals surface area contributed by atoms with Gasteiger partial charge in [-0.1, -0.05) is 6.07 Å². The van der Waals surface area contributed by atoms with E-state index in [0.29, 0.717) is 16.6 Å². The van der Waals surface area contributed by atoms with Crippen molar-refractivity contribution in [1.29, 1.82) is 0 Å². The second-order valence-electron chi connectivity index (χ2n) is 3.73. The van der Waals surface area contributed by atoms with Gasteiger partial charge in [-0.25, -0.2) is 9.37 Å². The van der Waals surface area contributed by atoms with Crippen LogP contribution >= 0.6 is 0 Å². The summed E-state index contributed by atoms with van der Waals surface area (Å²) in [5, 5.41) is 0.690. The summed E-state index contributed by atoms with van der Waals surface area (Å²) in [6, 6.07) is 7.59. The molecule has 0 saturated heterocycles. The van der Waals surface area contributed by atoms with E-state index in [4.69, 9.17) is 0 Å². The maximum absolute atomic E-state index is 12.9. The van der Waals surface area contributed by atoms with Gasteiger partial charge in [0.15, 0.2) is 0 Å². The largest absolute Gasteiger partial charge is 0.343 e.